The molecule has 2 heterocycles. The van der Waals surface area contributed by atoms with Gasteiger partial charge in [-0.25, -0.2) is 9.37 Å². The number of anilines is 3. The Morgan fingerprint density at radius 3 is 2.54 bits per heavy atom. The Hall–Kier alpha value is -3.48. The molecule has 4 aromatic rings. The number of nitrogens with one attached hydrogen (secondary N) is 2. The minimum absolute atomic E-state index is 0.290. The molecular weight excluding hydrogens is 331 g/mol. The lowest BCUT2D eigenvalue weighted by molar-refractivity contribution is 0.628. The van der Waals surface area contributed by atoms with Crippen molar-refractivity contribution in [2.45, 2.75) is 6.54 Å². The van der Waals surface area contributed by atoms with Gasteiger partial charge in [-0.05, 0) is 29.8 Å². The van der Waals surface area contributed by atoms with Crippen molar-refractivity contribution in [1.82, 2.24) is 19.5 Å². The Morgan fingerprint density at radius 2 is 1.77 bits per heavy atom. The van der Waals surface area contributed by atoms with Crippen molar-refractivity contribution < 1.29 is 4.39 Å². The van der Waals surface area contributed by atoms with Crippen LogP contribution in [0.15, 0.2) is 60.9 Å². The van der Waals surface area contributed by atoms with Gasteiger partial charge in [-0.2, -0.15) is 9.97 Å². The third-order valence-electron chi connectivity index (χ3n) is 3.97. The van der Waals surface area contributed by atoms with E-state index in [1.54, 1.807) is 18.5 Å². The van der Waals surface area contributed by atoms with E-state index in [4.69, 9.17) is 0 Å². The molecule has 0 fully saturated rings. The fourth-order valence-corrected chi connectivity index (χ4v) is 2.68. The summed E-state index contributed by atoms with van der Waals surface area (Å²) in [7, 11) is 1.90. The first-order valence-electron chi connectivity index (χ1n) is 8.18. The van der Waals surface area contributed by atoms with Gasteiger partial charge in [0.2, 0.25) is 5.95 Å². The molecule has 2 aromatic heterocycles. The van der Waals surface area contributed by atoms with Crippen molar-refractivity contribution in [3.63, 3.8) is 0 Å². The van der Waals surface area contributed by atoms with Crippen LogP contribution in [0.4, 0.5) is 21.8 Å². The van der Waals surface area contributed by atoms with Crippen LogP contribution in [0.5, 0.6) is 0 Å². The van der Waals surface area contributed by atoms with Gasteiger partial charge in [-0.3, -0.25) is 0 Å². The molecule has 0 saturated heterocycles. The van der Waals surface area contributed by atoms with Crippen LogP contribution in [0.25, 0.3) is 11.2 Å². The van der Waals surface area contributed by atoms with Crippen LogP contribution in [-0.2, 0) is 13.6 Å². The van der Waals surface area contributed by atoms with Gasteiger partial charge in [0.1, 0.15) is 11.3 Å². The minimum Gasteiger partial charge on any atom is -0.364 e. The first kappa shape index (κ1) is 16.0. The molecule has 7 heteroatoms. The molecule has 0 aliphatic rings. The van der Waals surface area contributed by atoms with E-state index in [-0.39, 0.29) is 5.82 Å². The highest BCUT2D eigenvalue weighted by molar-refractivity contribution is 5.84. The molecule has 0 radical (unpaired) electrons. The summed E-state index contributed by atoms with van der Waals surface area (Å²) in [5.41, 5.74) is 3.26. The van der Waals surface area contributed by atoms with E-state index in [0.29, 0.717) is 29.6 Å². The fourth-order valence-electron chi connectivity index (χ4n) is 2.68. The second kappa shape index (κ2) is 6.79. The quantitative estimate of drug-likeness (QED) is 0.573. The number of imidazole rings is 1. The van der Waals surface area contributed by atoms with Gasteiger partial charge < -0.3 is 15.2 Å². The molecule has 0 amide bonds. The number of halogens is 1. The molecule has 26 heavy (non-hydrogen) atoms. The summed E-state index contributed by atoms with van der Waals surface area (Å²) in [6.45, 7) is 0.633. The largest absolute Gasteiger partial charge is 0.364 e. The lowest BCUT2D eigenvalue weighted by atomic mass is 10.2. The highest BCUT2D eigenvalue weighted by atomic mass is 19.1. The van der Waals surface area contributed by atoms with Gasteiger partial charge in [0, 0.05) is 19.3 Å². The van der Waals surface area contributed by atoms with Crippen molar-refractivity contribution in [3.05, 3.63) is 72.3 Å². The zero-order valence-corrected chi connectivity index (χ0v) is 14.1. The molecule has 0 atom stereocenters. The van der Waals surface area contributed by atoms with Crippen LogP contribution in [-0.4, -0.2) is 19.5 Å². The van der Waals surface area contributed by atoms with E-state index in [1.165, 1.54) is 12.1 Å². The Bertz CT molecular complexity index is 1030. The average Bonchev–Trinajstić information content (AvgIpc) is 3.04. The third-order valence-corrected chi connectivity index (χ3v) is 3.97. The van der Waals surface area contributed by atoms with Crippen LogP contribution in [0.1, 0.15) is 5.56 Å². The Balaban J connectivity index is 1.65. The van der Waals surface area contributed by atoms with E-state index in [1.807, 2.05) is 41.9 Å². The van der Waals surface area contributed by atoms with Crippen molar-refractivity contribution in [1.29, 1.82) is 0 Å². The smallest absolute Gasteiger partial charge is 0.231 e. The van der Waals surface area contributed by atoms with Gasteiger partial charge in [0.25, 0.3) is 0 Å². The highest BCUT2D eigenvalue weighted by Gasteiger charge is 2.12. The molecule has 0 aliphatic heterocycles. The van der Waals surface area contributed by atoms with E-state index < -0.39 is 0 Å². The molecule has 0 saturated carbocycles. The van der Waals surface area contributed by atoms with Crippen LogP contribution in [0.3, 0.4) is 0 Å². The number of benzene rings is 2. The van der Waals surface area contributed by atoms with Crippen LogP contribution >= 0.6 is 0 Å². The minimum atomic E-state index is -0.290. The van der Waals surface area contributed by atoms with Gasteiger partial charge in [0.15, 0.2) is 11.5 Å². The number of hydrogen-bond donors (Lipinski definition) is 2. The normalized spacial score (nSPS) is 10.8. The van der Waals surface area contributed by atoms with E-state index >= 15 is 0 Å². The van der Waals surface area contributed by atoms with Crippen molar-refractivity contribution in [3.8, 4) is 0 Å². The molecule has 130 valence electrons. The number of hydrogen-bond acceptors (Lipinski definition) is 5. The molecule has 0 aliphatic carbocycles. The van der Waals surface area contributed by atoms with Crippen LogP contribution in [0, 0.1) is 5.82 Å². The SMILES string of the molecule is Cn1cnc2nc(Nc3ccc(F)cc3)nc(NCc3ccccc3)c21. The van der Waals surface area contributed by atoms with Gasteiger partial charge >= 0.3 is 0 Å². The molecule has 2 N–H and O–H groups in total. The van der Waals surface area contributed by atoms with Gasteiger partial charge in [-0.15, -0.1) is 0 Å². The van der Waals surface area contributed by atoms with Gasteiger partial charge in [-0.1, -0.05) is 30.3 Å². The summed E-state index contributed by atoms with van der Waals surface area (Å²) in [6.07, 6.45) is 1.70. The monoisotopic (exact) mass is 348 g/mol. The first-order valence-corrected chi connectivity index (χ1v) is 8.18. The number of nitrogens with zero attached hydrogens (tertiary/aromatic N) is 4. The molecule has 4 rings (SSSR count). The molecule has 2 aromatic carbocycles. The summed E-state index contributed by atoms with van der Waals surface area (Å²) in [5.74, 6) is 0.795. The average molecular weight is 348 g/mol. The lowest BCUT2D eigenvalue weighted by Gasteiger charge is -2.11. The van der Waals surface area contributed by atoms with Crippen molar-refractivity contribution >= 4 is 28.6 Å². The maximum absolute atomic E-state index is 13.1. The third kappa shape index (κ3) is 3.32. The Labute approximate surface area is 149 Å². The summed E-state index contributed by atoms with van der Waals surface area (Å²) in [4.78, 5) is 13.3. The zero-order chi connectivity index (χ0) is 17.9. The summed E-state index contributed by atoms with van der Waals surface area (Å²) in [5, 5.41) is 6.45. The Kier molecular flexibility index (Phi) is 4.18. The molecule has 0 unspecified atom stereocenters. The van der Waals surface area contributed by atoms with Crippen LogP contribution < -0.4 is 10.6 Å². The molecule has 0 spiro atoms. The summed E-state index contributed by atoms with van der Waals surface area (Å²) >= 11 is 0. The van der Waals surface area contributed by atoms with Crippen LogP contribution in [0.2, 0.25) is 0 Å². The van der Waals surface area contributed by atoms with Crippen molar-refractivity contribution in [2.24, 2.45) is 7.05 Å². The summed E-state index contributed by atoms with van der Waals surface area (Å²) in [6, 6.07) is 16.1. The molecule has 0 bridgehead atoms. The second-order valence-corrected chi connectivity index (χ2v) is 5.89. The van der Waals surface area contributed by atoms with E-state index in [9.17, 15) is 4.39 Å². The highest BCUT2D eigenvalue weighted by Crippen LogP contribution is 2.23. The number of fused-ring (bicyclic) bond motifs is 1. The lowest BCUT2D eigenvalue weighted by Crippen LogP contribution is -2.07. The maximum atomic E-state index is 13.1. The second-order valence-electron chi connectivity index (χ2n) is 5.89. The zero-order valence-electron chi connectivity index (χ0n) is 14.1. The molecule has 6 nitrogen and oxygen atoms in total. The molecular formula is C19H17FN6. The van der Waals surface area contributed by atoms with Crippen molar-refractivity contribution in [2.75, 3.05) is 10.6 Å². The predicted octanol–water partition coefficient (Wildman–Crippen LogP) is 3.86. The standard InChI is InChI=1S/C19H17FN6/c1-26-12-22-18-16(26)17(21-11-13-5-3-2-4-6-13)24-19(25-18)23-15-9-7-14(20)8-10-15/h2-10,12H,11H2,1H3,(H2,21,23,24,25). The van der Waals surface area contributed by atoms with E-state index in [2.05, 4.69) is 25.6 Å². The number of rotatable bonds is 5. The topological polar surface area (TPSA) is 67.7 Å². The fraction of sp³-hybridized carbons (Fsp3) is 0.105. The summed E-state index contributed by atoms with van der Waals surface area (Å²) < 4.78 is 15.0. The number of aryl methyl sites for hydroxylation is 1. The van der Waals surface area contributed by atoms with Gasteiger partial charge in [0.05, 0.1) is 6.33 Å². The number of aromatic nitrogens is 4. The predicted molar refractivity (Wildman–Crippen MR) is 99.8 cm³/mol. The first-order chi connectivity index (χ1) is 12.7. The Morgan fingerprint density at radius 1 is 1.00 bits per heavy atom. The van der Waals surface area contributed by atoms with E-state index in [0.717, 1.165) is 11.1 Å². The maximum Gasteiger partial charge on any atom is 0.231 e.